The first-order chi connectivity index (χ1) is 13.1. The van der Waals surface area contributed by atoms with Gasteiger partial charge in [0.25, 0.3) is 5.91 Å². The Morgan fingerprint density at radius 2 is 1.78 bits per heavy atom. The normalized spacial score (nSPS) is 13.9. The van der Waals surface area contributed by atoms with Gasteiger partial charge in [-0.25, -0.2) is 0 Å². The van der Waals surface area contributed by atoms with Gasteiger partial charge in [0, 0.05) is 44.1 Å². The standard InChI is InChI=1S/C19H22N4O4/c1-26-17-4-3-15(10-18(17)27-2)21-16-9-14(11-20-12-16)19(25)23-7-5-22(13-24)6-8-23/h3-4,9-13,21H,5-8H2,1-2H3. The molecule has 27 heavy (non-hydrogen) atoms. The lowest BCUT2D eigenvalue weighted by molar-refractivity contribution is -0.119. The van der Waals surface area contributed by atoms with E-state index in [9.17, 15) is 9.59 Å². The molecule has 142 valence electrons. The largest absolute Gasteiger partial charge is 0.493 e. The predicted octanol–water partition coefficient (Wildman–Crippen LogP) is 1.76. The Morgan fingerprint density at radius 1 is 1.04 bits per heavy atom. The van der Waals surface area contributed by atoms with E-state index in [-0.39, 0.29) is 5.91 Å². The van der Waals surface area contributed by atoms with E-state index in [0.29, 0.717) is 48.9 Å². The fourth-order valence-corrected chi connectivity index (χ4v) is 2.92. The number of hydrogen-bond acceptors (Lipinski definition) is 6. The van der Waals surface area contributed by atoms with Crippen molar-refractivity contribution < 1.29 is 19.1 Å². The number of pyridine rings is 1. The summed E-state index contributed by atoms with van der Waals surface area (Å²) >= 11 is 0. The lowest BCUT2D eigenvalue weighted by Gasteiger charge is -2.32. The summed E-state index contributed by atoms with van der Waals surface area (Å²) in [5, 5.41) is 3.22. The smallest absolute Gasteiger partial charge is 0.255 e. The Hall–Kier alpha value is -3.29. The number of ether oxygens (including phenoxy) is 2. The van der Waals surface area contributed by atoms with Crippen LogP contribution in [-0.2, 0) is 4.79 Å². The van der Waals surface area contributed by atoms with Gasteiger partial charge in [0.15, 0.2) is 11.5 Å². The average Bonchev–Trinajstić information content (AvgIpc) is 2.73. The molecule has 2 amide bonds. The summed E-state index contributed by atoms with van der Waals surface area (Å²) in [6.45, 7) is 2.13. The number of piperazine rings is 1. The molecule has 0 aliphatic carbocycles. The summed E-state index contributed by atoms with van der Waals surface area (Å²) in [6.07, 6.45) is 4.02. The van der Waals surface area contributed by atoms with Crippen LogP contribution in [0.5, 0.6) is 11.5 Å². The van der Waals surface area contributed by atoms with E-state index in [0.717, 1.165) is 12.1 Å². The Labute approximate surface area is 157 Å². The number of nitrogens with zero attached hydrogens (tertiary/aromatic N) is 3. The Balaban J connectivity index is 1.72. The van der Waals surface area contributed by atoms with Crippen molar-refractivity contribution in [2.24, 2.45) is 0 Å². The van der Waals surface area contributed by atoms with E-state index in [2.05, 4.69) is 10.3 Å². The zero-order valence-corrected chi connectivity index (χ0v) is 15.3. The molecule has 1 aliphatic heterocycles. The van der Waals surface area contributed by atoms with Gasteiger partial charge in [0.05, 0.1) is 31.7 Å². The van der Waals surface area contributed by atoms with E-state index in [1.165, 1.54) is 0 Å². The molecule has 8 nitrogen and oxygen atoms in total. The quantitative estimate of drug-likeness (QED) is 0.780. The molecule has 2 aromatic rings. The van der Waals surface area contributed by atoms with Gasteiger partial charge in [-0.05, 0) is 18.2 Å². The lowest BCUT2D eigenvalue weighted by Crippen LogP contribution is -2.48. The maximum Gasteiger partial charge on any atom is 0.255 e. The van der Waals surface area contributed by atoms with Crippen molar-refractivity contribution in [2.45, 2.75) is 0 Å². The van der Waals surface area contributed by atoms with E-state index in [1.807, 2.05) is 12.1 Å². The molecule has 0 atom stereocenters. The third-order valence-electron chi connectivity index (χ3n) is 4.41. The summed E-state index contributed by atoms with van der Waals surface area (Å²) in [6, 6.07) is 7.23. The second kappa shape index (κ2) is 8.39. The van der Waals surface area contributed by atoms with Crippen LogP contribution >= 0.6 is 0 Å². The van der Waals surface area contributed by atoms with Gasteiger partial charge in [0.2, 0.25) is 6.41 Å². The van der Waals surface area contributed by atoms with E-state index in [1.54, 1.807) is 48.5 Å². The summed E-state index contributed by atoms with van der Waals surface area (Å²) in [4.78, 5) is 31.1. The van der Waals surface area contributed by atoms with Crippen molar-refractivity contribution in [1.82, 2.24) is 14.8 Å². The van der Waals surface area contributed by atoms with Crippen molar-refractivity contribution in [3.05, 3.63) is 42.2 Å². The van der Waals surface area contributed by atoms with E-state index >= 15 is 0 Å². The number of anilines is 2. The number of rotatable bonds is 6. The molecule has 1 aliphatic rings. The lowest BCUT2D eigenvalue weighted by atomic mass is 10.2. The molecule has 2 heterocycles. The fraction of sp³-hybridized carbons (Fsp3) is 0.316. The molecule has 0 radical (unpaired) electrons. The van der Waals surface area contributed by atoms with Crippen molar-refractivity contribution in [3.63, 3.8) is 0 Å². The molecule has 1 aromatic carbocycles. The minimum Gasteiger partial charge on any atom is -0.493 e. The highest BCUT2D eigenvalue weighted by Crippen LogP contribution is 2.31. The molecule has 1 N–H and O–H groups in total. The number of amides is 2. The number of carbonyl (C=O) groups is 2. The van der Waals surface area contributed by atoms with E-state index < -0.39 is 0 Å². The molecule has 0 bridgehead atoms. The highest BCUT2D eigenvalue weighted by molar-refractivity contribution is 5.95. The van der Waals surface area contributed by atoms with Crippen LogP contribution in [0.15, 0.2) is 36.7 Å². The van der Waals surface area contributed by atoms with Gasteiger partial charge >= 0.3 is 0 Å². The SMILES string of the molecule is COc1ccc(Nc2cncc(C(=O)N3CCN(C=O)CC3)c2)cc1OC. The van der Waals surface area contributed by atoms with Crippen LogP contribution in [0.2, 0.25) is 0 Å². The first kappa shape index (κ1) is 18.5. The summed E-state index contributed by atoms with van der Waals surface area (Å²) in [5.41, 5.74) is 1.98. The van der Waals surface area contributed by atoms with Crippen LogP contribution in [0.3, 0.4) is 0 Å². The topological polar surface area (TPSA) is 84.0 Å². The van der Waals surface area contributed by atoms with Crippen molar-refractivity contribution in [2.75, 3.05) is 45.7 Å². The van der Waals surface area contributed by atoms with Crippen LogP contribution in [-0.4, -0.2) is 67.5 Å². The first-order valence-electron chi connectivity index (χ1n) is 8.57. The molecule has 0 spiro atoms. The van der Waals surface area contributed by atoms with Gasteiger partial charge in [-0.15, -0.1) is 0 Å². The van der Waals surface area contributed by atoms with Gasteiger partial charge < -0.3 is 24.6 Å². The van der Waals surface area contributed by atoms with Gasteiger partial charge in [-0.2, -0.15) is 0 Å². The zero-order chi connectivity index (χ0) is 19.2. The number of hydrogen-bond donors (Lipinski definition) is 1. The molecular weight excluding hydrogens is 348 g/mol. The maximum atomic E-state index is 12.7. The van der Waals surface area contributed by atoms with Crippen LogP contribution in [0.25, 0.3) is 0 Å². The van der Waals surface area contributed by atoms with Crippen LogP contribution in [0, 0.1) is 0 Å². The highest BCUT2D eigenvalue weighted by Gasteiger charge is 2.21. The summed E-state index contributed by atoms with van der Waals surface area (Å²) in [7, 11) is 3.16. The second-order valence-electron chi connectivity index (χ2n) is 6.09. The summed E-state index contributed by atoms with van der Waals surface area (Å²) in [5.74, 6) is 1.15. The van der Waals surface area contributed by atoms with Crippen LogP contribution in [0.1, 0.15) is 10.4 Å². The molecule has 1 fully saturated rings. The number of methoxy groups -OCH3 is 2. The predicted molar refractivity (Wildman–Crippen MR) is 101 cm³/mol. The highest BCUT2D eigenvalue weighted by atomic mass is 16.5. The van der Waals surface area contributed by atoms with Gasteiger partial charge in [0.1, 0.15) is 0 Å². The molecule has 8 heteroatoms. The van der Waals surface area contributed by atoms with Gasteiger partial charge in [-0.1, -0.05) is 0 Å². The van der Waals surface area contributed by atoms with E-state index in [4.69, 9.17) is 9.47 Å². The molecule has 1 saturated heterocycles. The molecule has 0 unspecified atom stereocenters. The average molecular weight is 370 g/mol. The Morgan fingerprint density at radius 3 is 2.44 bits per heavy atom. The molecular formula is C19H22N4O4. The van der Waals surface area contributed by atoms with Crippen molar-refractivity contribution in [3.8, 4) is 11.5 Å². The van der Waals surface area contributed by atoms with Crippen molar-refractivity contribution in [1.29, 1.82) is 0 Å². The number of aromatic nitrogens is 1. The Bertz CT molecular complexity index is 819. The summed E-state index contributed by atoms with van der Waals surface area (Å²) < 4.78 is 10.5. The minimum atomic E-state index is -0.0935. The monoisotopic (exact) mass is 370 g/mol. The third-order valence-corrected chi connectivity index (χ3v) is 4.41. The first-order valence-corrected chi connectivity index (χ1v) is 8.57. The maximum absolute atomic E-state index is 12.7. The molecule has 1 aromatic heterocycles. The van der Waals surface area contributed by atoms with Crippen LogP contribution in [0.4, 0.5) is 11.4 Å². The van der Waals surface area contributed by atoms with Gasteiger partial charge in [-0.3, -0.25) is 14.6 Å². The van der Waals surface area contributed by atoms with Crippen LogP contribution < -0.4 is 14.8 Å². The number of benzene rings is 1. The second-order valence-corrected chi connectivity index (χ2v) is 6.09. The zero-order valence-electron chi connectivity index (χ0n) is 15.3. The number of carbonyl (C=O) groups excluding carboxylic acids is 2. The third kappa shape index (κ3) is 4.28. The minimum absolute atomic E-state index is 0.0935. The Kier molecular flexibility index (Phi) is 5.75. The molecule has 0 saturated carbocycles. The molecule has 3 rings (SSSR count). The fourth-order valence-electron chi connectivity index (χ4n) is 2.92. The van der Waals surface area contributed by atoms with Crippen molar-refractivity contribution >= 4 is 23.7 Å². The number of nitrogens with one attached hydrogen (secondary N) is 1.